The standard InChI is InChI=1S/C22H21Cl2N3O3/c1-14(2)20(26-21(28)18-9-6-16(23)12-19(18)24)22(29)30-13-15-4-7-17(8-5-15)27-11-3-10-25-27/h3-12,14,20H,13H2,1-2H3,(H,26,28)/t20-/m0/s1. The number of amides is 1. The average molecular weight is 446 g/mol. The minimum Gasteiger partial charge on any atom is -0.459 e. The van der Waals surface area contributed by atoms with Crippen molar-refractivity contribution in [1.29, 1.82) is 0 Å². The van der Waals surface area contributed by atoms with Gasteiger partial charge in [0.25, 0.3) is 5.91 Å². The van der Waals surface area contributed by atoms with Gasteiger partial charge in [0.05, 0.1) is 16.3 Å². The summed E-state index contributed by atoms with van der Waals surface area (Å²) in [5.41, 5.74) is 1.98. The Bertz CT molecular complexity index is 1020. The first-order valence-corrected chi connectivity index (χ1v) is 10.1. The van der Waals surface area contributed by atoms with E-state index in [4.69, 9.17) is 27.9 Å². The van der Waals surface area contributed by atoms with Crippen molar-refractivity contribution in [2.24, 2.45) is 5.92 Å². The molecule has 2 aromatic carbocycles. The number of benzene rings is 2. The number of carbonyl (C=O) groups excluding carboxylic acids is 2. The fourth-order valence-electron chi connectivity index (χ4n) is 2.80. The van der Waals surface area contributed by atoms with E-state index in [2.05, 4.69) is 10.4 Å². The minimum absolute atomic E-state index is 0.0962. The monoisotopic (exact) mass is 445 g/mol. The molecule has 156 valence electrons. The van der Waals surface area contributed by atoms with E-state index in [9.17, 15) is 9.59 Å². The number of nitrogens with one attached hydrogen (secondary N) is 1. The Balaban J connectivity index is 1.62. The number of hydrogen-bond acceptors (Lipinski definition) is 4. The van der Waals surface area contributed by atoms with Gasteiger partial charge in [0, 0.05) is 17.4 Å². The number of hydrogen-bond donors (Lipinski definition) is 1. The molecule has 3 aromatic rings. The van der Waals surface area contributed by atoms with E-state index in [1.807, 2.05) is 50.4 Å². The SMILES string of the molecule is CC(C)[C@H](NC(=O)c1ccc(Cl)cc1Cl)C(=O)OCc1ccc(-n2cccn2)cc1. The van der Waals surface area contributed by atoms with Gasteiger partial charge in [-0.05, 0) is 47.9 Å². The largest absolute Gasteiger partial charge is 0.459 e. The number of carbonyl (C=O) groups is 2. The summed E-state index contributed by atoms with van der Waals surface area (Å²) in [7, 11) is 0. The highest BCUT2D eigenvalue weighted by Crippen LogP contribution is 2.21. The molecule has 0 bridgehead atoms. The van der Waals surface area contributed by atoms with Crippen molar-refractivity contribution in [2.75, 3.05) is 0 Å². The highest BCUT2D eigenvalue weighted by Gasteiger charge is 2.27. The van der Waals surface area contributed by atoms with E-state index < -0.39 is 17.9 Å². The summed E-state index contributed by atoms with van der Waals surface area (Å²) in [6.45, 7) is 3.75. The molecule has 1 aromatic heterocycles. The van der Waals surface area contributed by atoms with Crippen molar-refractivity contribution in [3.63, 3.8) is 0 Å². The van der Waals surface area contributed by atoms with Crippen LogP contribution in [0.1, 0.15) is 29.8 Å². The van der Waals surface area contributed by atoms with E-state index in [-0.39, 0.29) is 23.1 Å². The molecule has 1 N–H and O–H groups in total. The Kier molecular flexibility index (Phi) is 7.13. The van der Waals surface area contributed by atoms with E-state index in [1.54, 1.807) is 16.9 Å². The lowest BCUT2D eigenvalue weighted by atomic mass is 10.0. The van der Waals surface area contributed by atoms with Crippen LogP contribution in [0.3, 0.4) is 0 Å². The molecule has 0 aliphatic heterocycles. The highest BCUT2D eigenvalue weighted by molar-refractivity contribution is 6.36. The maximum absolute atomic E-state index is 12.6. The predicted molar refractivity (Wildman–Crippen MR) is 116 cm³/mol. The fraction of sp³-hybridized carbons (Fsp3) is 0.227. The number of nitrogens with zero attached hydrogens (tertiary/aromatic N) is 2. The fourth-order valence-corrected chi connectivity index (χ4v) is 3.30. The molecule has 0 saturated heterocycles. The Morgan fingerprint density at radius 1 is 1.13 bits per heavy atom. The molecule has 0 unspecified atom stereocenters. The predicted octanol–water partition coefficient (Wildman–Crippen LogP) is 4.68. The topological polar surface area (TPSA) is 73.2 Å². The molecule has 6 nitrogen and oxygen atoms in total. The number of ether oxygens (including phenoxy) is 1. The second-order valence-corrected chi connectivity index (χ2v) is 7.89. The molecule has 0 aliphatic carbocycles. The van der Waals surface area contributed by atoms with Gasteiger partial charge in [-0.15, -0.1) is 0 Å². The molecule has 0 fully saturated rings. The van der Waals surface area contributed by atoms with E-state index in [0.29, 0.717) is 5.02 Å². The van der Waals surface area contributed by atoms with Crippen molar-refractivity contribution in [2.45, 2.75) is 26.5 Å². The van der Waals surface area contributed by atoms with Crippen LogP contribution in [0.2, 0.25) is 10.0 Å². The normalized spacial score (nSPS) is 11.9. The van der Waals surface area contributed by atoms with Crippen LogP contribution in [0.25, 0.3) is 5.69 Å². The zero-order chi connectivity index (χ0) is 21.7. The summed E-state index contributed by atoms with van der Waals surface area (Å²) in [6.07, 6.45) is 3.55. The molecule has 0 aliphatic rings. The van der Waals surface area contributed by atoms with Crippen LogP contribution in [0.15, 0.2) is 60.9 Å². The van der Waals surface area contributed by atoms with Gasteiger partial charge in [0.1, 0.15) is 12.6 Å². The molecular weight excluding hydrogens is 425 g/mol. The van der Waals surface area contributed by atoms with Gasteiger partial charge in [-0.25, -0.2) is 9.48 Å². The van der Waals surface area contributed by atoms with Gasteiger partial charge in [-0.1, -0.05) is 49.2 Å². The van der Waals surface area contributed by atoms with Crippen molar-refractivity contribution in [3.05, 3.63) is 82.1 Å². The number of rotatable bonds is 7. The lowest BCUT2D eigenvalue weighted by Crippen LogP contribution is -2.45. The van der Waals surface area contributed by atoms with E-state index in [0.717, 1.165) is 11.3 Å². The third kappa shape index (κ3) is 5.40. The van der Waals surface area contributed by atoms with Crippen molar-refractivity contribution in [3.8, 4) is 5.69 Å². The van der Waals surface area contributed by atoms with Crippen LogP contribution in [-0.2, 0) is 16.1 Å². The molecule has 1 atom stereocenters. The molecule has 1 heterocycles. The first-order chi connectivity index (χ1) is 14.3. The highest BCUT2D eigenvalue weighted by atomic mass is 35.5. The number of halogens is 2. The third-order valence-electron chi connectivity index (χ3n) is 4.47. The quantitative estimate of drug-likeness (QED) is 0.535. The first-order valence-electron chi connectivity index (χ1n) is 9.36. The average Bonchev–Trinajstić information content (AvgIpc) is 3.25. The Morgan fingerprint density at radius 3 is 2.47 bits per heavy atom. The van der Waals surface area contributed by atoms with Gasteiger partial charge in [0.2, 0.25) is 0 Å². The molecule has 0 spiro atoms. The Morgan fingerprint density at radius 2 is 1.87 bits per heavy atom. The minimum atomic E-state index is -0.812. The summed E-state index contributed by atoms with van der Waals surface area (Å²) < 4.78 is 7.18. The second kappa shape index (κ2) is 9.78. The summed E-state index contributed by atoms with van der Waals surface area (Å²) in [4.78, 5) is 25.2. The lowest BCUT2D eigenvalue weighted by Gasteiger charge is -2.21. The van der Waals surface area contributed by atoms with Crippen LogP contribution in [0.4, 0.5) is 0 Å². The van der Waals surface area contributed by atoms with Gasteiger partial charge < -0.3 is 10.1 Å². The number of esters is 1. The Hall–Kier alpha value is -2.83. The Labute approximate surface area is 184 Å². The third-order valence-corrected chi connectivity index (χ3v) is 5.02. The van der Waals surface area contributed by atoms with Gasteiger partial charge in [-0.3, -0.25) is 4.79 Å². The first kappa shape index (κ1) is 21.9. The maximum Gasteiger partial charge on any atom is 0.329 e. The van der Waals surface area contributed by atoms with Crippen molar-refractivity contribution >= 4 is 35.1 Å². The molecular formula is C22H21Cl2N3O3. The van der Waals surface area contributed by atoms with E-state index in [1.165, 1.54) is 12.1 Å². The summed E-state index contributed by atoms with van der Waals surface area (Å²) in [5, 5.41) is 7.52. The molecule has 8 heteroatoms. The smallest absolute Gasteiger partial charge is 0.329 e. The van der Waals surface area contributed by atoms with Crippen LogP contribution < -0.4 is 5.32 Å². The summed E-state index contributed by atoms with van der Waals surface area (Å²) in [6, 6.07) is 13.1. The zero-order valence-electron chi connectivity index (χ0n) is 16.5. The van der Waals surface area contributed by atoms with Crippen LogP contribution in [0.5, 0.6) is 0 Å². The molecule has 0 saturated carbocycles. The van der Waals surface area contributed by atoms with Gasteiger partial charge >= 0.3 is 5.97 Å². The number of aromatic nitrogens is 2. The van der Waals surface area contributed by atoms with Gasteiger partial charge in [0.15, 0.2) is 0 Å². The van der Waals surface area contributed by atoms with Crippen LogP contribution in [-0.4, -0.2) is 27.7 Å². The van der Waals surface area contributed by atoms with Crippen molar-refractivity contribution in [1.82, 2.24) is 15.1 Å². The second-order valence-electron chi connectivity index (χ2n) is 7.04. The summed E-state index contributed by atoms with van der Waals surface area (Å²) >= 11 is 12.0. The molecule has 30 heavy (non-hydrogen) atoms. The molecule has 0 radical (unpaired) electrons. The summed E-state index contributed by atoms with van der Waals surface area (Å²) in [5.74, 6) is -1.15. The maximum atomic E-state index is 12.6. The van der Waals surface area contributed by atoms with Crippen molar-refractivity contribution < 1.29 is 14.3 Å². The molecule has 1 amide bonds. The van der Waals surface area contributed by atoms with Crippen LogP contribution in [0, 0.1) is 5.92 Å². The lowest BCUT2D eigenvalue weighted by molar-refractivity contribution is -0.148. The zero-order valence-corrected chi connectivity index (χ0v) is 18.0. The van der Waals surface area contributed by atoms with Gasteiger partial charge in [-0.2, -0.15) is 5.10 Å². The molecule has 3 rings (SSSR count). The van der Waals surface area contributed by atoms with E-state index >= 15 is 0 Å². The van der Waals surface area contributed by atoms with Crippen LogP contribution >= 0.6 is 23.2 Å².